The molecule has 1 aliphatic carbocycles. The summed E-state index contributed by atoms with van der Waals surface area (Å²) in [7, 11) is 0. The lowest BCUT2D eigenvalue weighted by Crippen LogP contribution is -2.14. The molecule has 0 atom stereocenters. The monoisotopic (exact) mass is 253 g/mol. The van der Waals surface area contributed by atoms with Crippen LogP contribution in [-0.2, 0) is 22.6 Å². The van der Waals surface area contributed by atoms with Crippen LogP contribution in [0.5, 0.6) is 0 Å². The van der Waals surface area contributed by atoms with Gasteiger partial charge in [-0.25, -0.2) is 0 Å². The lowest BCUT2D eigenvalue weighted by molar-refractivity contribution is 0.0350. The van der Waals surface area contributed by atoms with Gasteiger partial charge in [0.2, 0.25) is 0 Å². The Labute approximate surface area is 109 Å². The molecule has 1 saturated carbocycles. The summed E-state index contributed by atoms with van der Waals surface area (Å²) in [6, 6.07) is 2.79. The van der Waals surface area contributed by atoms with Gasteiger partial charge < -0.3 is 19.2 Å². The van der Waals surface area contributed by atoms with Crippen LogP contribution in [0.4, 0.5) is 0 Å². The molecule has 0 unspecified atom stereocenters. The topological polar surface area (TPSA) is 43.6 Å². The van der Waals surface area contributed by atoms with Crippen molar-refractivity contribution < 1.29 is 13.9 Å². The Kier molecular flexibility index (Phi) is 5.71. The minimum atomic E-state index is 0.527. The van der Waals surface area contributed by atoms with Gasteiger partial charge in [0, 0.05) is 24.8 Å². The van der Waals surface area contributed by atoms with E-state index >= 15 is 0 Å². The first-order valence-corrected chi connectivity index (χ1v) is 6.83. The van der Waals surface area contributed by atoms with Gasteiger partial charge in [0.15, 0.2) is 0 Å². The van der Waals surface area contributed by atoms with Gasteiger partial charge in [0.1, 0.15) is 12.4 Å². The zero-order valence-electron chi connectivity index (χ0n) is 11.1. The van der Waals surface area contributed by atoms with Crippen molar-refractivity contribution in [1.82, 2.24) is 5.32 Å². The fourth-order valence-electron chi connectivity index (χ4n) is 1.68. The van der Waals surface area contributed by atoms with E-state index in [9.17, 15) is 0 Å². The third-order valence-corrected chi connectivity index (χ3v) is 2.85. The Bertz CT molecular complexity index is 334. The molecule has 4 heteroatoms. The second-order valence-corrected chi connectivity index (χ2v) is 4.74. The highest BCUT2D eigenvalue weighted by atomic mass is 16.5. The number of rotatable bonds is 10. The molecule has 0 saturated heterocycles. The van der Waals surface area contributed by atoms with Gasteiger partial charge >= 0.3 is 0 Å². The summed E-state index contributed by atoms with van der Waals surface area (Å²) in [5.74, 6) is 0.887. The van der Waals surface area contributed by atoms with E-state index in [1.165, 1.54) is 18.4 Å². The van der Waals surface area contributed by atoms with Crippen LogP contribution in [0, 0.1) is 0 Å². The molecule has 18 heavy (non-hydrogen) atoms. The van der Waals surface area contributed by atoms with Crippen molar-refractivity contribution in [3.05, 3.63) is 23.7 Å². The molecule has 0 aromatic carbocycles. The highest BCUT2D eigenvalue weighted by molar-refractivity contribution is 5.12. The number of nitrogens with one attached hydrogen (secondary N) is 1. The van der Waals surface area contributed by atoms with Gasteiger partial charge in [-0.05, 0) is 25.3 Å². The third kappa shape index (κ3) is 5.21. The summed E-state index contributed by atoms with van der Waals surface area (Å²) in [4.78, 5) is 0. The zero-order chi connectivity index (χ0) is 12.6. The first-order chi connectivity index (χ1) is 8.88. The fourth-order valence-corrected chi connectivity index (χ4v) is 1.68. The highest BCUT2D eigenvalue weighted by Gasteiger charge is 2.20. The molecule has 1 aliphatic rings. The third-order valence-electron chi connectivity index (χ3n) is 2.85. The maximum absolute atomic E-state index is 5.48. The van der Waals surface area contributed by atoms with Crippen molar-refractivity contribution in [2.24, 2.45) is 0 Å². The smallest absolute Gasteiger partial charge is 0.129 e. The quantitative estimate of drug-likeness (QED) is 0.651. The van der Waals surface area contributed by atoms with Crippen molar-refractivity contribution in [3.63, 3.8) is 0 Å². The normalized spacial score (nSPS) is 15.2. The summed E-state index contributed by atoms with van der Waals surface area (Å²) in [6.45, 7) is 5.61. The number of ether oxygens (including phenoxy) is 2. The van der Waals surface area contributed by atoms with Crippen molar-refractivity contribution in [1.29, 1.82) is 0 Å². The molecular formula is C14H23NO3. The second-order valence-electron chi connectivity index (χ2n) is 4.74. The molecule has 2 rings (SSSR count). The van der Waals surface area contributed by atoms with Crippen molar-refractivity contribution in [2.75, 3.05) is 19.8 Å². The Morgan fingerprint density at radius 2 is 2.11 bits per heavy atom. The first-order valence-electron chi connectivity index (χ1n) is 6.83. The van der Waals surface area contributed by atoms with Crippen molar-refractivity contribution >= 4 is 0 Å². The molecule has 0 amide bonds. The SMILES string of the molecule is CCCOCCOCc1cc(CNC2CC2)co1. The van der Waals surface area contributed by atoms with Gasteiger partial charge in [-0.1, -0.05) is 6.92 Å². The zero-order valence-corrected chi connectivity index (χ0v) is 11.1. The molecule has 1 heterocycles. The maximum atomic E-state index is 5.48. The highest BCUT2D eigenvalue weighted by Crippen LogP contribution is 2.19. The summed E-state index contributed by atoms with van der Waals surface area (Å²) in [6.07, 6.45) is 5.48. The van der Waals surface area contributed by atoms with Crippen LogP contribution in [0.3, 0.4) is 0 Å². The van der Waals surface area contributed by atoms with Crippen LogP contribution in [0.1, 0.15) is 37.5 Å². The molecule has 1 aromatic rings. The average molecular weight is 253 g/mol. The molecular weight excluding hydrogens is 230 g/mol. The van der Waals surface area contributed by atoms with Crippen LogP contribution in [-0.4, -0.2) is 25.9 Å². The van der Waals surface area contributed by atoms with Gasteiger partial charge in [-0.3, -0.25) is 0 Å². The van der Waals surface area contributed by atoms with Crippen molar-refractivity contribution in [3.8, 4) is 0 Å². The molecule has 0 bridgehead atoms. The summed E-state index contributed by atoms with van der Waals surface area (Å²) in [5, 5.41) is 3.46. The van der Waals surface area contributed by atoms with E-state index < -0.39 is 0 Å². The molecule has 102 valence electrons. The molecule has 4 nitrogen and oxygen atoms in total. The van der Waals surface area contributed by atoms with Crippen LogP contribution in [0.15, 0.2) is 16.7 Å². The maximum Gasteiger partial charge on any atom is 0.129 e. The Morgan fingerprint density at radius 1 is 1.28 bits per heavy atom. The largest absolute Gasteiger partial charge is 0.467 e. The Hall–Kier alpha value is -0.840. The summed E-state index contributed by atoms with van der Waals surface area (Å²) < 4.78 is 16.2. The van der Waals surface area contributed by atoms with E-state index in [0.29, 0.717) is 19.8 Å². The van der Waals surface area contributed by atoms with Crippen LogP contribution < -0.4 is 5.32 Å². The minimum Gasteiger partial charge on any atom is -0.467 e. The second kappa shape index (κ2) is 7.56. The molecule has 0 aliphatic heterocycles. The first kappa shape index (κ1) is 13.6. The predicted molar refractivity (Wildman–Crippen MR) is 69.3 cm³/mol. The molecule has 0 radical (unpaired) electrons. The Morgan fingerprint density at radius 3 is 2.89 bits per heavy atom. The lowest BCUT2D eigenvalue weighted by atomic mass is 10.3. The lowest BCUT2D eigenvalue weighted by Gasteiger charge is -2.02. The van der Waals surface area contributed by atoms with Gasteiger partial charge in [-0.2, -0.15) is 0 Å². The molecule has 1 aromatic heterocycles. The van der Waals surface area contributed by atoms with Crippen LogP contribution >= 0.6 is 0 Å². The molecule has 1 fully saturated rings. The van der Waals surface area contributed by atoms with Gasteiger partial charge in [0.25, 0.3) is 0 Å². The minimum absolute atomic E-state index is 0.527. The standard InChI is InChI=1S/C14H23NO3/c1-2-5-16-6-7-17-11-14-8-12(10-18-14)9-15-13-3-4-13/h8,10,13,15H,2-7,9,11H2,1H3. The number of hydrogen-bond acceptors (Lipinski definition) is 4. The van der Waals surface area contributed by atoms with Crippen LogP contribution in [0.2, 0.25) is 0 Å². The number of hydrogen-bond donors (Lipinski definition) is 1. The van der Waals surface area contributed by atoms with Crippen molar-refractivity contribution in [2.45, 2.75) is 45.4 Å². The fraction of sp³-hybridized carbons (Fsp3) is 0.714. The van der Waals surface area contributed by atoms with E-state index in [0.717, 1.165) is 31.4 Å². The van der Waals surface area contributed by atoms with E-state index in [1.54, 1.807) is 0 Å². The van der Waals surface area contributed by atoms with Crippen LogP contribution in [0.25, 0.3) is 0 Å². The Balaban J connectivity index is 1.54. The summed E-state index contributed by atoms with van der Waals surface area (Å²) in [5.41, 5.74) is 1.20. The average Bonchev–Trinajstić information content (AvgIpc) is 3.11. The van der Waals surface area contributed by atoms with Gasteiger partial charge in [-0.15, -0.1) is 0 Å². The molecule has 0 spiro atoms. The molecule has 1 N–H and O–H groups in total. The van der Waals surface area contributed by atoms with E-state index in [2.05, 4.69) is 18.3 Å². The van der Waals surface area contributed by atoms with E-state index in [1.807, 2.05) is 6.26 Å². The predicted octanol–water partition coefficient (Wildman–Crippen LogP) is 2.47. The van der Waals surface area contributed by atoms with Gasteiger partial charge in [0.05, 0.1) is 19.5 Å². The van der Waals surface area contributed by atoms with E-state index in [4.69, 9.17) is 13.9 Å². The number of furan rings is 1. The summed E-state index contributed by atoms with van der Waals surface area (Å²) >= 11 is 0. The van der Waals surface area contributed by atoms with E-state index in [-0.39, 0.29) is 0 Å².